The van der Waals surface area contributed by atoms with Crippen LogP contribution in [0, 0.1) is 0 Å². The Morgan fingerprint density at radius 2 is 1.71 bits per heavy atom. The van der Waals surface area contributed by atoms with Gasteiger partial charge in [-0.3, -0.25) is 4.98 Å². The standard InChI is InChI=1S/C26H31N9/c1-2-8-21(9-3-1)35-19-30-23-24(29-18-20-7-6-11-27-17-20)31-26(32-25(23)35)34-15-13-33(14-16-34)22-10-4-5-12-28-22/h4-7,10-12,17,19,21H,1-3,8-9,13-16,18H2,(H,29,31,32). The van der Waals surface area contributed by atoms with Crippen LogP contribution in [0.15, 0.2) is 55.2 Å². The van der Waals surface area contributed by atoms with Crippen molar-refractivity contribution in [1.29, 1.82) is 0 Å². The third kappa shape index (κ3) is 4.62. The van der Waals surface area contributed by atoms with E-state index in [0.717, 1.165) is 60.5 Å². The van der Waals surface area contributed by atoms with E-state index < -0.39 is 0 Å². The van der Waals surface area contributed by atoms with Gasteiger partial charge in [0.05, 0.1) is 6.33 Å². The van der Waals surface area contributed by atoms with Crippen molar-refractivity contribution in [2.24, 2.45) is 0 Å². The number of fused-ring (bicyclic) bond motifs is 1. The molecule has 0 amide bonds. The summed E-state index contributed by atoms with van der Waals surface area (Å²) in [6, 6.07) is 10.6. The Kier molecular flexibility index (Phi) is 6.13. The fourth-order valence-electron chi connectivity index (χ4n) is 5.16. The maximum atomic E-state index is 5.08. The third-order valence-corrected chi connectivity index (χ3v) is 7.10. The molecule has 0 radical (unpaired) electrons. The first-order valence-electron chi connectivity index (χ1n) is 12.6. The molecular weight excluding hydrogens is 438 g/mol. The highest BCUT2D eigenvalue weighted by Crippen LogP contribution is 2.32. The summed E-state index contributed by atoms with van der Waals surface area (Å²) < 4.78 is 2.29. The summed E-state index contributed by atoms with van der Waals surface area (Å²) in [6.45, 7) is 4.12. The van der Waals surface area contributed by atoms with Gasteiger partial charge in [0.25, 0.3) is 0 Å². The second kappa shape index (κ2) is 9.85. The highest BCUT2D eigenvalue weighted by Gasteiger charge is 2.24. The maximum absolute atomic E-state index is 5.08. The first-order valence-corrected chi connectivity index (χ1v) is 12.6. The molecule has 1 aliphatic heterocycles. The van der Waals surface area contributed by atoms with Gasteiger partial charge in [-0.25, -0.2) is 9.97 Å². The van der Waals surface area contributed by atoms with Crippen molar-refractivity contribution < 1.29 is 0 Å². The molecule has 0 aromatic carbocycles. The number of hydrogen-bond acceptors (Lipinski definition) is 8. The van der Waals surface area contributed by atoms with Crippen LogP contribution in [0.3, 0.4) is 0 Å². The largest absolute Gasteiger partial charge is 0.364 e. The van der Waals surface area contributed by atoms with Gasteiger partial charge in [-0.15, -0.1) is 0 Å². The Hall–Kier alpha value is -3.75. The Morgan fingerprint density at radius 1 is 0.857 bits per heavy atom. The zero-order chi connectivity index (χ0) is 23.5. The van der Waals surface area contributed by atoms with Crippen LogP contribution in [-0.2, 0) is 6.54 Å². The van der Waals surface area contributed by atoms with Crippen molar-refractivity contribution >= 4 is 28.7 Å². The molecule has 180 valence electrons. The van der Waals surface area contributed by atoms with Gasteiger partial charge in [0.1, 0.15) is 5.82 Å². The minimum Gasteiger partial charge on any atom is -0.364 e. The van der Waals surface area contributed by atoms with Gasteiger partial charge in [0.2, 0.25) is 5.95 Å². The van der Waals surface area contributed by atoms with Crippen LogP contribution >= 0.6 is 0 Å². The summed E-state index contributed by atoms with van der Waals surface area (Å²) in [5.41, 5.74) is 2.88. The van der Waals surface area contributed by atoms with Crippen LogP contribution in [0.4, 0.5) is 17.6 Å². The number of aromatic nitrogens is 6. The summed E-state index contributed by atoms with van der Waals surface area (Å²) in [5, 5.41) is 3.52. The summed E-state index contributed by atoms with van der Waals surface area (Å²) in [5.74, 6) is 2.58. The van der Waals surface area contributed by atoms with E-state index in [-0.39, 0.29) is 0 Å². The summed E-state index contributed by atoms with van der Waals surface area (Å²) >= 11 is 0. The lowest BCUT2D eigenvalue weighted by molar-refractivity contribution is 0.358. The van der Waals surface area contributed by atoms with E-state index in [9.17, 15) is 0 Å². The Morgan fingerprint density at radius 3 is 2.49 bits per heavy atom. The molecule has 0 unspecified atom stereocenters. The van der Waals surface area contributed by atoms with Crippen molar-refractivity contribution in [3.8, 4) is 0 Å². The predicted molar refractivity (Wildman–Crippen MR) is 138 cm³/mol. The average molecular weight is 470 g/mol. The number of nitrogens with one attached hydrogen (secondary N) is 1. The molecule has 9 heteroatoms. The van der Waals surface area contributed by atoms with Crippen LogP contribution in [-0.4, -0.2) is 55.7 Å². The summed E-state index contributed by atoms with van der Waals surface area (Å²) in [7, 11) is 0. The van der Waals surface area contributed by atoms with E-state index in [1.807, 2.05) is 36.9 Å². The van der Waals surface area contributed by atoms with Gasteiger partial charge >= 0.3 is 0 Å². The smallest absolute Gasteiger partial charge is 0.229 e. The lowest BCUT2D eigenvalue weighted by atomic mass is 9.95. The molecule has 5 heterocycles. The van der Waals surface area contributed by atoms with E-state index in [1.54, 1.807) is 6.20 Å². The van der Waals surface area contributed by atoms with Crippen LogP contribution in [0.1, 0.15) is 43.7 Å². The third-order valence-electron chi connectivity index (χ3n) is 7.10. The zero-order valence-corrected chi connectivity index (χ0v) is 19.9. The van der Waals surface area contributed by atoms with Crippen LogP contribution < -0.4 is 15.1 Å². The molecule has 2 fully saturated rings. The minimum atomic E-state index is 0.462. The van der Waals surface area contributed by atoms with Gasteiger partial charge in [0, 0.05) is 57.4 Å². The first-order chi connectivity index (χ1) is 17.3. The first kappa shape index (κ1) is 21.8. The van der Waals surface area contributed by atoms with Crippen molar-refractivity contribution in [3.63, 3.8) is 0 Å². The molecule has 4 aromatic rings. The molecule has 1 saturated carbocycles. The van der Waals surface area contributed by atoms with Gasteiger partial charge in [-0.1, -0.05) is 31.4 Å². The van der Waals surface area contributed by atoms with Crippen LogP contribution in [0.5, 0.6) is 0 Å². The molecule has 0 spiro atoms. The van der Waals surface area contributed by atoms with Crippen LogP contribution in [0.2, 0.25) is 0 Å². The molecule has 9 nitrogen and oxygen atoms in total. The lowest BCUT2D eigenvalue weighted by Gasteiger charge is -2.35. The van der Waals surface area contributed by atoms with Crippen LogP contribution in [0.25, 0.3) is 11.2 Å². The second-order valence-electron chi connectivity index (χ2n) is 9.36. The number of imidazole rings is 1. The van der Waals surface area contributed by atoms with E-state index >= 15 is 0 Å². The van der Waals surface area contributed by atoms with Crippen molar-refractivity contribution in [1.82, 2.24) is 29.5 Å². The molecule has 1 N–H and O–H groups in total. The van der Waals surface area contributed by atoms with E-state index in [4.69, 9.17) is 15.0 Å². The van der Waals surface area contributed by atoms with Crippen molar-refractivity contribution in [2.75, 3.05) is 41.3 Å². The SMILES string of the molecule is c1ccc(N2CCN(c3nc(NCc4cccnc4)c4ncn(C5CCCCC5)c4n3)CC2)nc1. The molecule has 0 bridgehead atoms. The van der Waals surface area contributed by atoms with Crippen molar-refractivity contribution in [3.05, 3.63) is 60.8 Å². The average Bonchev–Trinajstić information content (AvgIpc) is 3.38. The molecule has 0 atom stereocenters. The zero-order valence-electron chi connectivity index (χ0n) is 19.9. The van der Waals surface area contributed by atoms with E-state index in [2.05, 4.69) is 41.8 Å². The number of hydrogen-bond donors (Lipinski definition) is 1. The molecule has 1 aliphatic carbocycles. The highest BCUT2D eigenvalue weighted by molar-refractivity contribution is 5.84. The number of nitrogens with zero attached hydrogens (tertiary/aromatic N) is 8. The Balaban J connectivity index is 1.29. The minimum absolute atomic E-state index is 0.462. The number of anilines is 3. The van der Waals surface area contributed by atoms with Gasteiger partial charge < -0.3 is 19.7 Å². The van der Waals surface area contributed by atoms with Gasteiger partial charge in [-0.2, -0.15) is 9.97 Å². The quantitative estimate of drug-likeness (QED) is 0.452. The Bertz CT molecular complexity index is 1240. The van der Waals surface area contributed by atoms with E-state index in [1.165, 1.54) is 32.1 Å². The number of pyridine rings is 2. The molecule has 2 aliphatic rings. The topological polar surface area (TPSA) is 87.9 Å². The van der Waals surface area contributed by atoms with Crippen molar-refractivity contribution in [2.45, 2.75) is 44.7 Å². The summed E-state index contributed by atoms with van der Waals surface area (Å²) in [4.78, 5) is 28.2. The van der Waals surface area contributed by atoms with Gasteiger partial charge in [0.15, 0.2) is 17.0 Å². The van der Waals surface area contributed by atoms with E-state index in [0.29, 0.717) is 12.6 Å². The number of rotatable bonds is 6. The molecule has 4 aromatic heterocycles. The molecule has 6 rings (SSSR count). The molecule has 1 saturated heterocycles. The maximum Gasteiger partial charge on any atom is 0.229 e. The van der Waals surface area contributed by atoms with Gasteiger partial charge in [-0.05, 0) is 36.6 Å². The predicted octanol–water partition coefficient (Wildman–Crippen LogP) is 4.06. The number of piperazine rings is 1. The fraction of sp³-hybridized carbons (Fsp3) is 0.423. The molecule has 35 heavy (non-hydrogen) atoms. The monoisotopic (exact) mass is 469 g/mol. The summed E-state index contributed by atoms with van der Waals surface area (Å²) in [6.07, 6.45) is 13.7. The highest BCUT2D eigenvalue weighted by atomic mass is 15.3. The Labute approximate surface area is 205 Å². The lowest BCUT2D eigenvalue weighted by Crippen LogP contribution is -2.47. The second-order valence-corrected chi connectivity index (χ2v) is 9.36. The fourth-order valence-corrected chi connectivity index (χ4v) is 5.16. The molecular formula is C26H31N9. The normalized spacial score (nSPS) is 17.1.